The van der Waals surface area contributed by atoms with Gasteiger partial charge >= 0.3 is 5.97 Å². The number of carboxylic acids is 1. The molecule has 0 unspecified atom stereocenters. The maximum Gasteiger partial charge on any atom is 0.313 e. The zero-order valence-electron chi connectivity index (χ0n) is 12.4. The lowest BCUT2D eigenvalue weighted by atomic mass is 9.81. The molecule has 8 nitrogen and oxygen atoms in total. The zero-order valence-corrected chi connectivity index (χ0v) is 13.2. The Hall–Kier alpha value is -2.39. The van der Waals surface area contributed by atoms with Crippen LogP contribution in [0, 0.1) is 11.3 Å². The number of fused-ring (bicyclic) bond motifs is 2. The SMILES string of the molecule is O=C1NC[C@@]2(C(=O)O)CN(S(=O)(=O)c3cc4ccccc4o3)C[C@@H]12. The van der Waals surface area contributed by atoms with Crippen LogP contribution in [0.2, 0.25) is 0 Å². The van der Waals surface area contributed by atoms with E-state index >= 15 is 0 Å². The first-order valence-electron chi connectivity index (χ1n) is 7.34. The van der Waals surface area contributed by atoms with E-state index in [2.05, 4.69) is 5.32 Å². The molecule has 126 valence electrons. The molecule has 2 aliphatic rings. The van der Waals surface area contributed by atoms with E-state index in [4.69, 9.17) is 4.42 Å². The third kappa shape index (κ3) is 1.91. The molecule has 24 heavy (non-hydrogen) atoms. The summed E-state index contributed by atoms with van der Waals surface area (Å²) in [7, 11) is -4.01. The molecule has 2 saturated heterocycles. The summed E-state index contributed by atoms with van der Waals surface area (Å²) in [4.78, 5) is 23.6. The molecule has 0 spiro atoms. The van der Waals surface area contributed by atoms with E-state index in [1.165, 1.54) is 6.07 Å². The topological polar surface area (TPSA) is 117 Å². The molecule has 2 atom stereocenters. The number of nitrogens with one attached hydrogen (secondary N) is 1. The van der Waals surface area contributed by atoms with Gasteiger partial charge in [-0.2, -0.15) is 4.31 Å². The molecule has 3 heterocycles. The smallest absolute Gasteiger partial charge is 0.313 e. The fraction of sp³-hybridized carbons (Fsp3) is 0.333. The van der Waals surface area contributed by atoms with Gasteiger partial charge in [0.15, 0.2) is 0 Å². The highest BCUT2D eigenvalue weighted by Gasteiger charge is 2.61. The van der Waals surface area contributed by atoms with Gasteiger partial charge < -0.3 is 14.8 Å². The minimum absolute atomic E-state index is 0.0714. The Morgan fingerprint density at radius 1 is 1.38 bits per heavy atom. The summed E-state index contributed by atoms with van der Waals surface area (Å²) in [6.07, 6.45) is 0. The highest BCUT2D eigenvalue weighted by Crippen LogP contribution is 2.42. The summed E-state index contributed by atoms with van der Waals surface area (Å²) < 4.78 is 32.1. The number of furan rings is 1. The lowest BCUT2D eigenvalue weighted by Gasteiger charge is -2.21. The van der Waals surface area contributed by atoms with Crippen molar-refractivity contribution in [1.29, 1.82) is 0 Å². The van der Waals surface area contributed by atoms with Crippen LogP contribution in [0.15, 0.2) is 39.8 Å². The number of benzene rings is 1. The predicted molar refractivity (Wildman–Crippen MR) is 81.5 cm³/mol. The molecule has 2 aromatic rings. The molecular formula is C15H14N2O6S. The second-order valence-corrected chi connectivity index (χ2v) is 8.00. The van der Waals surface area contributed by atoms with Gasteiger partial charge in [-0.25, -0.2) is 8.42 Å². The number of nitrogens with zero attached hydrogens (tertiary/aromatic N) is 1. The molecule has 2 aliphatic heterocycles. The van der Waals surface area contributed by atoms with Gasteiger partial charge in [0.05, 0.1) is 5.92 Å². The standard InChI is InChI=1S/C15H14N2O6S/c18-13-10-6-17(8-15(10,7-16-13)14(19)20)24(21,22)12-5-9-3-1-2-4-11(9)23-12/h1-5,10H,6-8H2,(H,16,18)(H,19,20)/t10-,15+/m0/s1. The number of carboxylic acid groups (broad SMARTS) is 1. The van der Waals surface area contributed by atoms with E-state index in [1.54, 1.807) is 24.3 Å². The van der Waals surface area contributed by atoms with Gasteiger partial charge in [-0.3, -0.25) is 9.59 Å². The monoisotopic (exact) mass is 350 g/mol. The number of amides is 1. The van der Waals surface area contributed by atoms with E-state index < -0.39 is 33.2 Å². The molecule has 2 N–H and O–H groups in total. The number of aliphatic carboxylic acids is 1. The molecule has 2 fully saturated rings. The summed E-state index contributed by atoms with van der Waals surface area (Å²) in [6, 6.07) is 8.28. The van der Waals surface area contributed by atoms with Gasteiger partial charge in [0, 0.05) is 31.1 Å². The van der Waals surface area contributed by atoms with Crippen LogP contribution in [-0.2, 0) is 19.6 Å². The Bertz CT molecular complexity index is 932. The van der Waals surface area contributed by atoms with Crippen molar-refractivity contribution in [1.82, 2.24) is 9.62 Å². The fourth-order valence-electron chi connectivity index (χ4n) is 3.44. The molecule has 0 saturated carbocycles. The maximum absolute atomic E-state index is 12.8. The van der Waals surface area contributed by atoms with Gasteiger partial charge in [0.25, 0.3) is 10.0 Å². The second-order valence-electron chi connectivity index (χ2n) is 6.13. The quantitative estimate of drug-likeness (QED) is 0.820. The van der Waals surface area contributed by atoms with Crippen LogP contribution in [0.25, 0.3) is 11.0 Å². The Morgan fingerprint density at radius 3 is 2.79 bits per heavy atom. The number of para-hydroxylation sites is 1. The van der Waals surface area contributed by atoms with E-state index in [1.807, 2.05) is 0 Å². The zero-order chi connectivity index (χ0) is 17.1. The molecule has 0 radical (unpaired) electrons. The predicted octanol–water partition coefficient (Wildman–Crippen LogP) is 0.254. The van der Waals surface area contributed by atoms with Crippen molar-refractivity contribution in [2.45, 2.75) is 5.09 Å². The van der Waals surface area contributed by atoms with Crippen molar-refractivity contribution in [3.8, 4) is 0 Å². The summed E-state index contributed by atoms with van der Waals surface area (Å²) in [6.45, 7) is -0.499. The normalized spacial score (nSPS) is 27.3. The average molecular weight is 350 g/mol. The van der Waals surface area contributed by atoms with E-state index in [0.717, 1.165) is 4.31 Å². The van der Waals surface area contributed by atoms with Gasteiger partial charge in [-0.05, 0) is 6.07 Å². The van der Waals surface area contributed by atoms with Crippen molar-refractivity contribution in [3.05, 3.63) is 30.3 Å². The van der Waals surface area contributed by atoms with Gasteiger partial charge in [-0.15, -0.1) is 0 Å². The van der Waals surface area contributed by atoms with Crippen molar-refractivity contribution >= 4 is 32.9 Å². The maximum atomic E-state index is 12.8. The molecule has 9 heteroatoms. The summed E-state index contributed by atoms with van der Waals surface area (Å²) in [5.74, 6) is -2.50. The average Bonchev–Trinajstić information content (AvgIpc) is 3.21. The number of rotatable bonds is 3. The largest absolute Gasteiger partial charge is 0.481 e. The first-order valence-corrected chi connectivity index (χ1v) is 8.78. The third-order valence-electron chi connectivity index (χ3n) is 4.83. The molecule has 1 aromatic carbocycles. The minimum atomic E-state index is -4.01. The molecule has 1 amide bonds. The third-order valence-corrected chi connectivity index (χ3v) is 6.50. The summed E-state index contributed by atoms with van der Waals surface area (Å²) in [5.41, 5.74) is -0.989. The Balaban J connectivity index is 1.73. The number of hydrogen-bond donors (Lipinski definition) is 2. The van der Waals surface area contributed by atoms with E-state index in [-0.39, 0.29) is 24.7 Å². The van der Waals surface area contributed by atoms with Gasteiger partial charge in [-0.1, -0.05) is 18.2 Å². The van der Waals surface area contributed by atoms with Gasteiger partial charge in [0.2, 0.25) is 11.0 Å². The number of sulfonamides is 1. The number of carbonyl (C=O) groups excluding carboxylic acids is 1. The molecule has 1 aromatic heterocycles. The van der Waals surface area contributed by atoms with Crippen molar-refractivity contribution in [2.24, 2.45) is 11.3 Å². The van der Waals surface area contributed by atoms with Crippen LogP contribution in [0.5, 0.6) is 0 Å². The number of carbonyl (C=O) groups is 2. The van der Waals surface area contributed by atoms with E-state index in [9.17, 15) is 23.1 Å². The molecule has 4 rings (SSSR count). The Kier molecular flexibility index (Phi) is 3.03. The van der Waals surface area contributed by atoms with Crippen molar-refractivity contribution in [2.75, 3.05) is 19.6 Å². The van der Waals surface area contributed by atoms with Crippen LogP contribution in [-0.4, -0.2) is 49.3 Å². The minimum Gasteiger partial charge on any atom is -0.481 e. The molecular weight excluding hydrogens is 336 g/mol. The second kappa shape index (κ2) is 4.81. The first kappa shape index (κ1) is 15.2. The van der Waals surface area contributed by atoms with Crippen LogP contribution >= 0.6 is 0 Å². The fourth-order valence-corrected chi connectivity index (χ4v) is 4.91. The Labute approximate surface area is 137 Å². The van der Waals surface area contributed by atoms with Crippen LogP contribution in [0.4, 0.5) is 0 Å². The van der Waals surface area contributed by atoms with Crippen LogP contribution in [0.1, 0.15) is 0 Å². The van der Waals surface area contributed by atoms with Crippen molar-refractivity contribution < 1.29 is 27.5 Å². The van der Waals surface area contributed by atoms with Crippen molar-refractivity contribution in [3.63, 3.8) is 0 Å². The van der Waals surface area contributed by atoms with Crippen LogP contribution < -0.4 is 5.32 Å². The van der Waals surface area contributed by atoms with E-state index in [0.29, 0.717) is 11.0 Å². The first-order chi connectivity index (χ1) is 11.3. The number of hydrogen-bond acceptors (Lipinski definition) is 5. The van der Waals surface area contributed by atoms with Gasteiger partial charge in [0.1, 0.15) is 11.0 Å². The van der Waals surface area contributed by atoms with Crippen LogP contribution in [0.3, 0.4) is 0 Å². The molecule has 0 bridgehead atoms. The lowest BCUT2D eigenvalue weighted by molar-refractivity contribution is -0.149. The molecule has 0 aliphatic carbocycles. The summed E-state index contributed by atoms with van der Waals surface area (Å²) >= 11 is 0. The highest BCUT2D eigenvalue weighted by atomic mass is 32.2. The lowest BCUT2D eigenvalue weighted by Crippen LogP contribution is -2.41. The Morgan fingerprint density at radius 2 is 2.12 bits per heavy atom. The highest BCUT2D eigenvalue weighted by molar-refractivity contribution is 7.89. The summed E-state index contributed by atoms with van der Waals surface area (Å²) in [5, 5.41) is 12.4.